The number of benzene rings is 2. The molecule has 0 spiro atoms. The van der Waals surface area contributed by atoms with Crippen LogP contribution in [-0.4, -0.2) is 20.5 Å². The Balaban J connectivity index is 2.25. The van der Waals surface area contributed by atoms with Crippen molar-refractivity contribution in [2.24, 2.45) is 0 Å². The Bertz CT molecular complexity index is 822. The molecule has 0 aromatic heterocycles. The maximum atomic E-state index is 12.3. The highest BCUT2D eigenvalue weighted by atomic mass is 35.5. The highest BCUT2D eigenvalue weighted by Gasteiger charge is 2.22. The number of non-ortho nitro benzene ring substituents is 1. The van der Waals surface area contributed by atoms with Crippen molar-refractivity contribution < 1.29 is 18.1 Å². The number of nitro groups is 1. The van der Waals surface area contributed by atoms with Crippen molar-refractivity contribution in [3.05, 3.63) is 63.2 Å². The van der Waals surface area contributed by atoms with Crippen LogP contribution in [0.3, 0.4) is 0 Å². The number of hydrogen-bond acceptors (Lipinski definition) is 5. The molecule has 0 radical (unpaired) electrons. The summed E-state index contributed by atoms with van der Waals surface area (Å²) in [4.78, 5) is 9.95. The molecule has 23 heavy (non-hydrogen) atoms. The molecule has 0 aliphatic carbocycles. The predicted molar refractivity (Wildman–Crippen MR) is 85.1 cm³/mol. The standard InChI is InChI=1S/C14H13ClN2O5S/c1-22-13-8-12(17(18)19)6-7-14(13)23(20,21)16-9-10-2-4-11(15)5-3-10/h2-8,16H,9H2,1H3. The fourth-order valence-corrected chi connectivity index (χ4v) is 3.14. The number of rotatable bonds is 6. The van der Waals surface area contributed by atoms with E-state index in [0.717, 1.165) is 23.8 Å². The smallest absolute Gasteiger partial charge is 0.273 e. The maximum Gasteiger partial charge on any atom is 0.273 e. The third kappa shape index (κ3) is 4.19. The number of nitrogens with zero attached hydrogens (tertiary/aromatic N) is 1. The van der Waals surface area contributed by atoms with Crippen LogP contribution < -0.4 is 9.46 Å². The largest absolute Gasteiger partial charge is 0.495 e. The first kappa shape index (κ1) is 17.2. The maximum absolute atomic E-state index is 12.3. The lowest BCUT2D eigenvalue weighted by atomic mass is 10.2. The lowest BCUT2D eigenvalue weighted by molar-refractivity contribution is -0.385. The summed E-state index contributed by atoms with van der Waals surface area (Å²) in [5, 5.41) is 11.3. The Hall–Kier alpha value is -2.16. The van der Waals surface area contributed by atoms with Gasteiger partial charge in [-0.15, -0.1) is 0 Å². The van der Waals surface area contributed by atoms with Gasteiger partial charge in [0.2, 0.25) is 10.0 Å². The highest BCUT2D eigenvalue weighted by Crippen LogP contribution is 2.28. The van der Waals surface area contributed by atoms with Crippen LogP contribution in [0.5, 0.6) is 5.75 Å². The third-order valence-corrected chi connectivity index (χ3v) is 4.72. The monoisotopic (exact) mass is 356 g/mol. The van der Waals surface area contributed by atoms with Gasteiger partial charge in [-0.05, 0) is 23.8 Å². The number of methoxy groups -OCH3 is 1. The summed E-state index contributed by atoms with van der Waals surface area (Å²) in [6.07, 6.45) is 0. The second-order valence-electron chi connectivity index (χ2n) is 4.54. The number of nitrogens with one attached hydrogen (secondary N) is 1. The highest BCUT2D eigenvalue weighted by molar-refractivity contribution is 7.89. The minimum absolute atomic E-state index is 0.0552. The molecule has 0 amide bonds. The Kier molecular flexibility index (Phi) is 5.19. The van der Waals surface area contributed by atoms with Gasteiger partial charge in [0.05, 0.1) is 18.1 Å². The van der Waals surface area contributed by atoms with Crippen LogP contribution in [0, 0.1) is 10.1 Å². The molecule has 0 aliphatic heterocycles. The minimum Gasteiger partial charge on any atom is -0.495 e. The molecule has 0 atom stereocenters. The molecule has 2 aromatic rings. The second kappa shape index (κ2) is 6.95. The van der Waals surface area contributed by atoms with Crippen molar-refractivity contribution in [1.29, 1.82) is 0 Å². The van der Waals surface area contributed by atoms with Gasteiger partial charge in [0.1, 0.15) is 10.6 Å². The van der Waals surface area contributed by atoms with E-state index in [2.05, 4.69) is 4.72 Å². The fourth-order valence-electron chi connectivity index (χ4n) is 1.85. The lowest BCUT2D eigenvalue weighted by Crippen LogP contribution is -2.23. The predicted octanol–water partition coefficient (Wildman–Crippen LogP) is 2.74. The molecule has 0 saturated carbocycles. The van der Waals surface area contributed by atoms with Crippen molar-refractivity contribution in [1.82, 2.24) is 4.72 Å². The summed E-state index contributed by atoms with van der Waals surface area (Å²) in [5.41, 5.74) is 0.470. The Morgan fingerprint density at radius 1 is 1.22 bits per heavy atom. The SMILES string of the molecule is COc1cc([N+](=O)[O-])ccc1S(=O)(=O)NCc1ccc(Cl)cc1. The summed E-state index contributed by atoms with van der Waals surface area (Å²) in [6.45, 7) is 0.0552. The molecule has 2 rings (SSSR count). The zero-order valence-electron chi connectivity index (χ0n) is 12.0. The van der Waals surface area contributed by atoms with E-state index >= 15 is 0 Å². The van der Waals surface area contributed by atoms with Gasteiger partial charge in [-0.25, -0.2) is 13.1 Å². The average molecular weight is 357 g/mol. The summed E-state index contributed by atoms with van der Waals surface area (Å²) in [6, 6.07) is 10.0. The van der Waals surface area contributed by atoms with E-state index < -0.39 is 14.9 Å². The number of hydrogen-bond donors (Lipinski definition) is 1. The summed E-state index contributed by atoms with van der Waals surface area (Å²) in [5.74, 6) is -0.0946. The van der Waals surface area contributed by atoms with E-state index in [1.807, 2.05) is 0 Å². The second-order valence-corrected chi connectivity index (χ2v) is 6.72. The van der Waals surface area contributed by atoms with Gasteiger partial charge in [0.25, 0.3) is 5.69 Å². The van der Waals surface area contributed by atoms with Crippen LogP contribution in [0.1, 0.15) is 5.56 Å². The number of sulfonamides is 1. The Labute approximate surface area is 138 Å². The molecule has 0 heterocycles. The quantitative estimate of drug-likeness (QED) is 0.633. The summed E-state index contributed by atoms with van der Waals surface area (Å²) in [7, 11) is -2.64. The van der Waals surface area contributed by atoms with Gasteiger partial charge in [-0.1, -0.05) is 23.7 Å². The molecule has 0 aliphatic rings. The van der Waals surface area contributed by atoms with Crippen molar-refractivity contribution >= 4 is 27.3 Å². The topological polar surface area (TPSA) is 98.5 Å². The van der Waals surface area contributed by atoms with Crippen LogP contribution >= 0.6 is 11.6 Å². The van der Waals surface area contributed by atoms with Crippen molar-refractivity contribution in [3.8, 4) is 5.75 Å². The first-order chi connectivity index (χ1) is 10.8. The first-order valence-corrected chi connectivity index (χ1v) is 8.26. The normalized spacial score (nSPS) is 11.2. The molecule has 122 valence electrons. The van der Waals surface area contributed by atoms with Gasteiger partial charge < -0.3 is 4.74 Å². The molecule has 9 heteroatoms. The van der Waals surface area contributed by atoms with Crippen molar-refractivity contribution in [3.63, 3.8) is 0 Å². The molecular formula is C14H13ClN2O5S. The average Bonchev–Trinajstić information content (AvgIpc) is 2.53. The van der Waals surface area contributed by atoms with Crippen LogP contribution in [0.2, 0.25) is 5.02 Å². The number of ether oxygens (including phenoxy) is 1. The van der Waals surface area contributed by atoms with E-state index in [4.69, 9.17) is 16.3 Å². The van der Waals surface area contributed by atoms with Gasteiger partial charge in [-0.3, -0.25) is 10.1 Å². The van der Waals surface area contributed by atoms with Gasteiger partial charge in [-0.2, -0.15) is 0 Å². The molecule has 2 aromatic carbocycles. The van der Waals surface area contributed by atoms with Gasteiger partial charge in [0, 0.05) is 17.6 Å². The van der Waals surface area contributed by atoms with E-state index in [1.54, 1.807) is 24.3 Å². The third-order valence-electron chi connectivity index (χ3n) is 3.03. The molecular weight excluding hydrogens is 344 g/mol. The molecule has 0 bridgehead atoms. The summed E-state index contributed by atoms with van der Waals surface area (Å²) < 4.78 is 32.1. The van der Waals surface area contributed by atoms with E-state index in [9.17, 15) is 18.5 Å². The van der Waals surface area contributed by atoms with E-state index in [1.165, 1.54) is 7.11 Å². The Morgan fingerprint density at radius 2 is 1.87 bits per heavy atom. The van der Waals surface area contributed by atoms with Crippen LogP contribution in [0.4, 0.5) is 5.69 Å². The zero-order chi connectivity index (χ0) is 17.0. The zero-order valence-corrected chi connectivity index (χ0v) is 13.6. The molecule has 0 unspecified atom stereocenters. The molecule has 0 saturated heterocycles. The van der Waals surface area contributed by atoms with Gasteiger partial charge in [0.15, 0.2) is 0 Å². The van der Waals surface area contributed by atoms with Crippen molar-refractivity contribution in [2.45, 2.75) is 11.4 Å². The van der Waals surface area contributed by atoms with E-state index in [-0.39, 0.29) is 22.9 Å². The Morgan fingerprint density at radius 3 is 2.43 bits per heavy atom. The van der Waals surface area contributed by atoms with Crippen LogP contribution in [0.25, 0.3) is 0 Å². The lowest BCUT2D eigenvalue weighted by Gasteiger charge is -2.10. The first-order valence-electron chi connectivity index (χ1n) is 6.40. The number of nitro benzene ring substituents is 1. The van der Waals surface area contributed by atoms with Crippen molar-refractivity contribution in [2.75, 3.05) is 7.11 Å². The van der Waals surface area contributed by atoms with Gasteiger partial charge >= 0.3 is 0 Å². The molecule has 1 N–H and O–H groups in total. The minimum atomic E-state index is -3.88. The fraction of sp³-hybridized carbons (Fsp3) is 0.143. The molecule has 7 nitrogen and oxygen atoms in total. The molecule has 0 fully saturated rings. The van der Waals surface area contributed by atoms with Crippen LogP contribution in [0.15, 0.2) is 47.4 Å². The summed E-state index contributed by atoms with van der Waals surface area (Å²) >= 11 is 5.77. The number of halogens is 1. The van der Waals surface area contributed by atoms with E-state index in [0.29, 0.717) is 5.02 Å². The van der Waals surface area contributed by atoms with Crippen LogP contribution in [-0.2, 0) is 16.6 Å².